The van der Waals surface area contributed by atoms with Crippen LogP contribution >= 0.6 is 27.3 Å². The summed E-state index contributed by atoms with van der Waals surface area (Å²) in [6.07, 6.45) is 10.1. The Morgan fingerprint density at radius 2 is 2.17 bits per heavy atom. The van der Waals surface area contributed by atoms with Crippen molar-refractivity contribution in [2.24, 2.45) is 16.3 Å². The first-order valence-electron chi connectivity index (χ1n) is 9.81. The van der Waals surface area contributed by atoms with Gasteiger partial charge in [0.25, 0.3) is 0 Å². The molecular weight excluding hydrogens is 460 g/mol. The molecule has 0 radical (unpaired) electrons. The molecule has 30 heavy (non-hydrogen) atoms. The number of nitriles is 1. The highest BCUT2D eigenvalue weighted by atomic mass is 79.9. The number of fused-ring (bicyclic) bond motifs is 1. The molecule has 0 bridgehead atoms. The monoisotopic (exact) mass is 484 g/mol. The zero-order valence-corrected chi connectivity index (χ0v) is 20.1. The number of terminal acetylenes is 1. The molecule has 3 rings (SSSR count). The first-order valence-corrected chi connectivity index (χ1v) is 11.4. The van der Waals surface area contributed by atoms with E-state index in [9.17, 15) is 5.26 Å². The number of aliphatic imine (C=N–C) groups is 1. The Morgan fingerprint density at radius 1 is 1.40 bits per heavy atom. The average Bonchev–Trinajstić information content (AvgIpc) is 3.07. The van der Waals surface area contributed by atoms with Crippen LogP contribution in [0.25, 0.3) is 0 Å². The minimum absolute atomic E-state index is 0.157. The highest BCUT2D eigenvalue weighted by molar-refractivity contribution is 9.10. The van der Waals surface area contributed by atoms with Crippen LogP contribution in [0.3, 0.4) is 0 Å². The Kier molecular flexibility index (Phi) is 6.91. The maximum atomic E-state index is 9.75. The molecule has 1 aliphatic carbocycles. The van der Waals surface area contributed by atoms with Crippen molar-refractivity contribution in [3.05, 3.63) is 38.2 Å². The molecular formula is C24H25BrN2O2S. The Labute approximate surface area is 191 Å². The molecule has 0 saturated heterocycles. The van der Waals surface area contributed by atoms with Crippen molar-refractivity contribution in [1.29, 1.82) is 5.26 Å². The van der Waals surface area contributed by atoms with Crippen molar-refractivity contribution in [2.45, 2.75) is 40.0 Å². The molecule has 0 amide bonds. The van der Waals surface area contributed by atoms with E-state index in [-0.39, 0.29) is 12.0 Å². The summed E-state index contributed by atoms with van der Waals surface area (Å²) in [7, 11) is 1.58. The van der Waals surface area contributed by atoms with Crippen LogP contribution in [0.1, 0.15) is 48.8 Å². The van der Waals surface area contributed by atoms with Crippen molar-refractivity contribution in [3.63, 3.8) is 0 Å². The lowest BCUT2D eigenvalue weighted by molar-refractivity contribution is 0.218. The van der Waals surface area contributed by atoms with Crippen LogP contribution in [0.4, 0.5) is 5.00 Å². The summed E-state index contributed by atoms with van der Waals surface area (Å²) in [5.74, 6) is 4.21. The summed E-state index contributed by atoms with van der Waals surface area (Å²) in [5, 5.41) is 10.5. The summed E-state index contributed by atoms with van der Waals surface area (Å²) in [6, 6.07) is 6.12. The number of benzene rings is 1. The molecule has 1 aliphatic rings. The van der Waals surface area contributed by atoms with Gasteiger partial charge in [-0.15, -0.1) is 17.8 Å². The molecule has 1 aromatic heterocycles. The third-order valence-electron chi connectivity index (χ3n) is 5.47. The molecule has 0 fully saturated rings. The Morgan fingerprint density at radius 3 is 2.80 bits per heavy atom. The fourth-order valence-corrected chi connectivity index (χ4v) is 5.51. The first kappa shape index (κ1) is 22.4. The lowest BCUT2D eigenvalue weighted by Crippen LogP contribution is -2.26. The molecule has 4 nitrogen and oxygen atoms in total. The van der Waals surface area contributed by atoms with E-state index in [1.54, 1.807) is 24.7 Å². The van der Waals surface area contributed by atoms with E-state index in [4.69, 9.17) is 15.9 Å². The van der Waals surface area contributed by atoms with Crippen LogP contribution in [0.2, 0.25) is 0 Å². The Bertz CT molecular complexity index is 1050. The van der Waals surface area contributed by atoms with Gasteiger partial charge >= 0.3 is 0 Å². The molecule has 0 saturated carbocycles. The summed E-state index contributed by atoms with van der Waals surface area (Å²) in [6.45, 7) is 7.04. The minimum atomic E-state index is 0.157. The second-order valence-electron chi connectivity index (χ2n) is 8.39. The molecule has 0 spiro atoms. The van der Waals surface area contributed by atoms with Gasteiger partial charge in [0, 0.05) is 11.1 Å². The van der Waals surface area contributed by atoms with Gasteiger partial charge in [0.05, 0.1) is 17.1 Å². The lowest BCUT2D eigenvalue weighted by atomic mass is 9.72. The highest BCUT2D eigenvalue weighted by Gasteiger charge is 2.32. The quantitative estimate of drug-likeness (QED) is 0.369. The van der Waals surface area contributed by atoms with Gasteiger partial charge in [-0.2, -0.15) is 5.26 Å². The summed E-state index contributed by atoms with van der Waals surface area (Å²) in [5.41, 5.74) is 3.02. The lowest BCUT2D eigenvalue weighted by Gasteiger charge is -2.33. The van der Waals surface area contributed by atoms with E-state index in [1.807, 2.05) is 12.1 Å². The number of halogens is 1. The number of ether oxygens (including phenoxy) is 2. The first-order chi connectivity index (χ1) is 14.3. The molecule has 6 heteroatoms. The smallest absolute Gasteiger partial charge is 0.176 e. The van der Waals surface area contributed by atoms with Crippen LogP contribution < -0.4 is 9.47 Å². The molecule has 1 atom stereocenters. The van der Waals surface area contributed by atoms with Crippen LogP contribution in [0, 0.1) is 35.0 Å². The van der Waals surface area contributed by atoms with E-state index in [0.717, 1.165) is 39.9 Å². The molecule has 1 aromatic carbocycles. The number of rotatable bonds is 5. The SMILES string of the molecule is C#CCOc1c(Br)cc(C=Nc2sc3c(c2C#N)CC[C@@H](C(C)(C)C)C3)cc1OC. The van der Waals surface area contributed by atoms with Gasteiger partial charge in [0.15, 0.2) is 11.5 Å². The summed E-state index contributed by atoms with van der Waals surface area (Å²) in [4.78, 5) is 5.98. The Hall–Kier alpha value is -2.28. The highest BCUT2D eigenvalue weighted by Crippen LogP contribution is 2.45. The fourth-order valence-electron chi connectivity index (χ4n) is 3.72. The van der Waals surface area contributed by atoms with E-state index >= 15 is 0 Å². The van der Waals surface area contributed by atoms with Crippen molar-refractivity contribution < 1.29 is 9.47 Å². The number of methoxy groups -OCH3 is 1. The van der Waals surface area contributed by atoms with Gasteiger partial charge in [-0.25, -0.2) is 4.99 Å². The van der Waals surface area contributed by atoms with Crippen LogP contribution in [0.5, 0.6) is 11.5 Å². The minimum Gasteiger partial charge on any atom is -0.493 e. The zero-order valence-electron chi connectivity index (χ0n) is 17.7. The second kappa shape index (κ2) is 9.25. The largest absolute Gasteiger partial charge is 0.493 e. The molecule has 0 unspecified atom stereocenters. The van der Waals surface area contributed by atoms with Gasteiger partial charge in [-0.1, -0.05) is 26.7 Å². The summed E-state index contributed by atoms with van der Waals surface area (Å²) >= 11 is 5.15. The maximum Gasteiger partial charge on any atom is 0.176 e. The van der Waals surface area contributed by atoms with E-state index in [0.29, 0.717) is 17.4 Å². The van der Waals surface area contributed by atoms with Gasteiger partial charge < -0.3 is 9.47 Å². The standard InChI is InChI=1S/C24H25BrN2O2S/c1-6-9-29-22-19(25)10-15(11-20(22)28-5)14-27-23-18(13-26)17-8-7-16(24(2,3)4)12-21(17)30-23/h1,10-11,14,16H,7-9,12H2,2-5H3/t16-/m1/s1. The van der Waals surface area contributed by atoms with E-state index in [1.165, 1.54) is 10.4 Å². The number of hydrogen-bond donors (Lipinski definition) is 0. The maximum absolute atomic E-state index is 9.75. The topological polar surface area (TPSA) is 54.6 Å². The summed E-state index contributed by atoms with van der Waals surface area (Å²) < 4.78 is 11.7. The fraction of sp³-hybridized carbons (Fsp3) is 0.417. The second-order valence-corrected chi connectivity index (χ2v) is 10.3. The zero-order chi connectivity index (χ0) is 21.9. The van der Waals surface area contributed by atoms with E-state index < -0.39 is 0 Å². The Balaban J connectivity index is 1.90. The molecule has 0 N–H and O–H groups in total. The molecule has 1 heterocycles. The normalized spacial score (nSPS) is 16.0. The van der Waals surface area contributed by atoms with Crippen molar-refractivity contribution in [2.75, 3.05) is 13.7 Å². The van der Waals surface area contributed by atoms with Crippen molar-refractivity contribution >= 4 is 38.5 Å². The third kappa shape index (κ3) is 4.72. The van der Waals surface area contributed by atoms with Crippen LogP contribution in [-0.4, -0.2) is 19.9 Å². The predicted molar refractivity (Wildman–Crippen MR) is 126 cm³/mol. The molecule has 0 aliphatic heterocycles. The van der Waals surface area contributed by atoms with Crippen LogP contribution in [-0.2, 0) is 12.8 Å². The third-order valence-corrected chi connectivity index (χ3v) is 7.22. The number of thiophene rings is 1. The number of nitrogens with zero attached hydrogens (tertiary/aromatic N) is 2. The van der Waals surface area contributed by atoms with Gasteiger partial charge in [-0.3, -0.25) is 0 Å². The van der Waals surface area contributed by atoms with E-state index in [2.05, 4.69) is 53.7 Å². The van der Waals surface area contributed by atoms with Gasteiger partial charge in [-0.05, 0) is 69.8 Å². The van der Waals surface area contributed by atoms with Crippen molar-refractivity contribution in [1.82, 2.24) is 0 Å². The van der Waals surface area contributed by atoms with Crippen molar-refractivity contribution in [3.8, 4) is 29.9 Å². The van der Waals surface area contributed by atoms with Crippen LogP contribution in [0.15, 0.2) is 21.6 Å². The van der Waals surface area contributed by atoms with Gasteiger partial charge in [0.2, 0.25) is 0 Å². The molecule has 2 aromatic rings. The predicted octanol–water partition coefficient (Wildman–Crippen LogP) is 6.30. The van der Waals surface area contributed by atoms with Gasteiger partial charge in [0.1, 0.15) is 17.7 Å². The number of hydrogen-bond acceptors (Lipinski definition) is 5. The average molecular weight is 485 g/mol. The molecule has 156 valence electrons.